The van der Waals surface area contributed by atoms with Crippen LogP contribution in [0, 0.1) is 0 Å². The number of furan rings is 1. The van der Waals surface area contributed by atoms with E-state index < -0.39 is 0 Å². The van der Waals surface area contributed by atoms with Gasteiger partial charge in [0.15, 0.2) is 0 Å². The maximum absolute atomic E-state index is 6.50. The maximum atomic E-state index is 6.50. The third-order valence-electron chi connectivity index (χ3n) is 11.9. The summed E-state index contributed by atoms with van der Waals surface area (Å²) in [6, 6.07) is 90.8. The molecule has 3 heteroatoms. The molecule has 0 saturated heterocycles. The Bertz CT molecular complexity index is 3220. The largest absolute Gasteiger partial charge is 0.456 e. The topological polar surface area (TPSA) is 19.6 Å². The molecule has 0 atom stereocenters. The van der Waals surface area contributed by atoms with Gasteiger partial charge in [0, 0.05) is 33.6 Å². The van der Waals surface area contributed by atoms with Crippen molar-refractivity contribution in [3.8, 4) is 44.5 Å². The zero-order valence-electron chi connectivity index (χ0n) is 34.6. The first kappa shape index (κ1) is 37.6. The van der Waals surface area contributed by atoms with E-state index in [9.17, 15) is 0 Å². The highest BCUT2D eigenvalue weighted by Crippen LogP contribution is 2.49. The molecule has 0 bridgehead atoms. The molecule has 0 fully saturated rings. The van der Waals surface area contributed by atoms with Gasteiger partial charge in [-0.2, -0.15) is 0 Å². The quantitative estimate of drug-likeness (QED) is 0.137. The lowest BCUT2D eigenvalue weighted by molar-refractivity contribution is 0.669. The van der Waals surface area contributed by atoms with Gasteiger partial charge in [0.1, 0.15) is 11.2 Å². The average Bonchev–Trinajstić information content (AvgIpc) is 3.76. The van der Waals surface area contributed by atoms with Crippen molar-refractivity contribution in [2.24, 2.45) is 0 Å². The Hall–Kier alpha value is -8.40. The Morgan fingerprint density at radius 3 is 1.08 bits per heavy atom. The summed E-state index contributed by atoms with van der Waals surface area (Å²) in [6.45, 7) is 0. The van der Waals surface area contributed by atoms with E-state index in [1.807, 2.05) is 6.07 Å². The third kappa shape index (κ3) is 7.22. The predicted molar refractivity (Wildman–Crippen MR) is 265 cm³/mol. The van der Waals surface area contributed by atoms with Crippen LogP contribution in [0.25, 0.3) is 66.4 Å². The van der Waals surface area contributed by atoms with Crippen LogP contribution in [0.1, 0.15) is 0 Å². The van der Waals surface area contributed by atoms with E-state index in [0.717, 1.165) is 72.8 Å². The Kier molecular flexibility index (Phi) is 9.89. The van der Waals surface area contributed by atoms with Gasteiger partial charge in [0.05, 0.1) is 22.4 Å². The Morgan fingerprint density at radius 1 is 0.238 bits per heavy atom. The molecule has 3 nitrogen and oxygen atoms in total. The highest BCUT2D eigenvalue weighted by Gasteiger charge is 2.25. The summed E-state index contributed by atoms with van der Waals surface area (Å²) in [6.07, 6.45) is 0. The fraction of sp³-hybridized carbons (Fsp3) is 0. The normalized spacial score (nSPS) is 11.2. The molecule has 1 heterocycles. The van der Waals surface area contributed by atoms with Crippen molar-refractivity contribution in [1.82, 2.24) is 0 Å². The van der Waals surface area contributed by atoms with Gasteiger partial charge < -0.3 is 14.2 Å². The van der Waals surface area contributed by atoms with Crippen molar-refractivity contribution in [1.29, 1.82) is 0 Å². The van der Waals surface area contributed by atoms with Gasteiger partial charge in [-0.1, -0.05) is 188 Å². The number of para-hydroxylation sites is 3. The van der Waals surface area contributed by atoms with E-state index in [0.29, 0.717) is 0 Å². The number of anilines is 6. The van der Waals surface area contributed by atoms with E-state index >= 15 is 0 Å². The van der Waals surface area contributed by atoms with Crippen molar-refractivity contribution in [2.45, 2.75) is 0 Å². The number of benzene rings is 10. The highest BCUT2D eigenvalue weighted by molar-refractivity contribution is 6.14. The highest BCUT2D eigenvalue weighted by atomic mass is 16.3. The zero-order chi connectivity index (χ0) is 42.0. The lowest BCUT2D eigenvalue weighted by atomic mass is 9.97. The first-order valence-corrected chi connectivity index (χ1v) is 21.4. The van der Waals surface area contributed by atoms with Crippen molar-refractivity contribution >= 4 is 56.1 Å². The van der Waals surface area contributed by atoms with E-state index in [1.54, 1.807) is 0 Å². The van der Waals surface area contributed by atoms with Crippen LogP contribution in [0.15, 0.2) is 259 Å². The molecule has 0 aliphatic rings. The molecule has 63 heavy (non-hydrogen) atoms. The molecule has 0 saturated carbocycles. The minimum Gasteiger partial charge on any atom is -0.456 e. The second kappa shape index (κ2) is 16.6. The van der Waals surface area contributed by atoms with Gasteiger partial charge in [-0.3, -0.25) is 0 Å². The van der Waals surface area contributed by atoms with Gasteiger partial charge in [-0.15, -0.1) is 0 Å². The minimum absolute atomic E-state index is 0.849. The summed E-state index contributed by atoms with van der Waals surface area (Å²) < 4.78 is 6.50. The molecular formula is C60H42N2O. The second-order valence-corrected chi connectivity index (χ2v) is 15.7. The van der Waals surface area contributed by atoms with Crippen molar-refractivity contribution in [3.05, 3.63) is 255 Å². The van der Waals surface area contributed by atoms with E-state index in [-0.39, 0.29) is 0 Å². The molecule has 0 N–H and O–H groups in total. The number of hydrogen-bond acceptors (Lipinski definition) is 3. The Morgan fingerprint density at radius 2 is 0.587 bits per heavy atom. The monoisotopic (exact) mass is 806 g/mol. The number of fused-ring (bicyclic) bond motifs is 3. The van der Waals surface area contributed by atoms with Crippen LogP contribution in [0.5, 0.6) is 0 Å². The van der Waals surface area contributed by atoms with Gasteiger partial charge in [-0.05, 0) is 100 Å². The summed E-state index contributed by atoms with van der Waals surface area (Å²) in [4.78, 5) is 4.79. The van der Waals surface area contributed by atoms with Gasteiger partial charge in [0.25, 0.3) is 0 Å². The number of nitrogens with zero attached hydrogens (tertiary/aromatic N) is 2. The smallest absolute Gasteiger partial charge is 0.137 e. The first-order valence-electron chi connectivity index (χ1n) is 21.4. The van der Waals surface area contributed by atoms with Gasteiger partial charge in [0.2, 0.25) is 0 Å². The molecule has 0 aliphatic carbocycles. The molecule has 0 aliphatic heterocycles. The van der Waals surface area contributed by atoms with Gasteiger partial charge in [-0.25, -0.2) is 0 Å². The lowest BCUT2D eigenvalue weighted by Gasteiger charge is -2.31. The summed E-state index contributed by atoms with van der Waals surface area (Å²) in [5, 5.41) is 2.15. The number of rotatable bonds is 10. The van der Waals surface area contributed by atoms with Crippen LogP contribution in [-0.4, -0.2) is 0 Å². The zero-order valence-corrected chi connectivity index (χ0v) is 34.6. The average molecular weight is 807 g/mol. The molecule has 11 rings (SSSR count). The molecule has 11 aromatic rings. The molecule has 10 aromatic carbocycles. The van der Waals surface area contributed by atoms with E-state index in [4.69, 9.17) is 4.42 Å². The molecule has 0 amide bonds. The van der Waals surface area contributed by atoms with Crippen molar-refractivity contribution < 1.29 is 4.42 Å². The van der Waals surface area contributed by atoms with E-state index in [2.05, 4.69) is 259 Å². The molecular weight excluding hydrogens is 765 g/mol. The SMILES string of the molecule is c1ccc(-c2ccc(N(c3ccc(-c4ccccc4)cc3)c3ccccc3-c3ccccc3N(c3ccc(-c4ccccc4)cc3)c3cccc4oc5ccccc5c34)cc2)cc1. The van der Waals surface area contributed by atoms with Crippen molar-refractivity contribution in [3.63, 3.8) is 0 Å². The summed E-state index contributed by atoms with van der Waals surface area (Å²) in [7, 11) is 0. The predicted octanol–water partition coefficient (Wildman–Crippen LogP) is 17.2. The van der Waals surface area contributed by atoms with Crippen molar-refractivity contribution in [2.75, 3.05) is 9.80 Å². The van der Waals surface area contributed by atoms with Crippen LogP contribution in [0.3, 0.4) is 0 Å². The molecule has 0 radical (unpaired) electrons. The van der Waals surface area contributed by atoms with Crippen LogP contribution in [-0.2, 0) is 0 Å². The Balaban J connectivity index is 1.10. The molecule has 1 aromatic heterocycles. The van der Waals surface area contributed by atoms with Crippen LogP contribution in [0.4, 0.5) is 34.1 Å². The second-order valence-electron chi connectivity index (χ2n) is 15.7. The maximum Gasteiger partial charge on any atom is 0.137 e. The fourth-order valence-electron chi connectivity index (χ4n) is 8.87. The molecule has 0 spiro atoms. The fourth-order valence-corrected chi connectivity index (χ4v) is 8.87. The van der Waals surface area contributed by atoms with Crippen LogP contribution >= 0.6 is 0 Å². The van der Waals surface area contributed by atoms with E-state index in [1.165, 1.54) is 27.8 Å². The summed E-state index contributed by atoms with van der Waals surface area (Å²) >= 11 is 0. The summed E-state index contributed by atoms with van der Waals surface area (Å²) in [5.74, 6) is 0. The lowest BCUT2D eigenvalue weighted by Crippen LogP contribution is -2.14. The molecule has 0 unspecified atom stereocenters. The van der Waals surface area contributed by atoms with Crippen LogP contribution < -0.4 is 9.80 Å². The van der Waals surface area contributed by atoms with Crippen LogP contribution in [0.2, 0.25) is 0 Å². The van der Waals surface area contributed by atoms with Gasteiger partial charge >= 0.3 is 0 Å². The Labute approximate surface area is 368 Å². The third-order valence-corrected chi connectivity index (χ3v) is 11.9. The number of hydrogen-bond donors (Lipinski definition) is 0. The minimum atomic E-state index is 0.849. The molecule has 298 valence electrons. The standard InChI is InChI=1S/C60H42N2O/c1-4-17-43(18-5-1)46-31-37-49(38-32-46)61(50-39-33-47(34-40-50)44-19-6-2-7-20-44)55-26-13-10-23-52(55)53-24-11-14-27-56(53)62(51-41-35-48(36-42-51)45-21-8-3-9-22-45)57-28-16-30-59-60(57)54-25-12-15-29-58(54)63-59/h1-42H. The summed E-state index contributed by atoms with van der Waals surface area (Å²) in [5.41, 5.74) is 17.3. The first-order chi connectivity index (χ1) is 31.3.